The molecule has 0 saturated carbocycles. The minimum absolute atomic E-state index is 0.807. The highest BCUT2D eigenvalue weighted by atomic mass is 32.1. The highest BCUT2D eigenvalue weighted by Crippen LogP contribution is 2.14. The summed E-state index contributed by atoms with van der Waals surface area (Å²) >= 11 is 1.55. The minimum Gasteiger partial charge on any atom is -0.253 e. The zero-order valence-electron chi connectivity index (χ0n) is 12.8. The molecule has 2 aromatic rings. The minimum atomic E-state index is -1.31. The van der Waals surface area contributed by atoms with E-state index in [2.05, 4.69) is 46.6 Å². The molecule has 0 amide bonds. The zero-order valence-corrected chi connectivity index (χ0v) is 14.6. The Hall–Kier alpha value is -1.90. The van der Waals surface area contributed by atoms with Gasteiger partial charge in [-0.05, 0) is 24.6 Å². The molecule has 1 heterocycles. The normalized spacial score (nSPS) is 11.2. The number of thiazole rings is 1. The van der Waals surface area contributed by atoms with Crippen LogP contribution < -0.4 is 5.43 Å². The monoisotopic (exact) mass is 313 g/mol. The number of benzene rings is 1. The lowest BCUT2D eigenvalue weighted by atomic mass is 10.1. The van der Waals surface area contributed by atoms with Gasteiger partial charge in [-0.1, -0.05) is 37.7 Å². The van der Waals surface area contributed by atoms with Crippen molar-refractivity contribution in [2.75, 3.05) is 5.43 Å². The van der Waals surface area contributed by atoms with Crippen LogP contribution in [0.5, 0.6) is 0 Å². The number of hydrogen-bond donors (Lipinski definition) is 1. The average Bonchev–Trinajstić information content (AvgIpc) is 2.83. The second kappa shape index (κ2) is 6.70. The predicted octanol–water partition coefficient (Wildman–Crippen LogP) is 4.13. The Bertz CT molecular complexity index is 685. The Morgan fingerprint density at radius 2 is 1.95 bits per heavy atom. The van der Waals surface area contributed by atoms with Crippen molar-refractivity contribution < 1.29 is 0 Å². The molecule has 1 aromatic heterocycles. The van der Waals surface area contributed by atoms with Crippen molar-refractivity contribution in [3.8, 4) is 11.5 Å². The second-order valence-corrected chi connectivity index (χ2v) is 11.4. The van der Waals surface area contributed by atoms with Gasteiger partial charge in [0.2, 0.25) is 5.13 Å². The van der Waals surface area contributed by atoms with Crippen LogP contribution in [0.4, 0.5) is 5.13 Å². The fraction of sp³-hybridized carbons (Fsp3) is 0.250. The molecular formula is C16H19N3SSi. The molecule has 0 spiro atoms. The number of hydrazone groups is 1. The van der Waals surface area contributed by atoms with E-state index in [9.17, 15) is 0 Å². The smallest absolute Gasteiger partial charge is 0.203 e. The third-order valence-corrected chi connectivity index (χ3v) is 4.23. The maximum atomic E-state index is 4.28. The maximum Gasteiger partial charge on any atom is 0.203 e. The zero-order chi connectivity index (χ0) is 15.3. The van der Waals surface area contributed by atoms with Gasteiger partial charge >= 0.3 is 0 Å². The Morgan fingerprint density at radius 3 is 2.52 bits per heavy atom. The molecule has 21 heavy (non-hydrogen) atoms. The van der Waals surface area contributed by atoms with Crippen LogP contribution >= 0.6 is 11.3 Å². The van der Waals surface area contributed by atoms with E-state index < -0.39 is 8.07 Å². The molecule has 0 atom stereocenters. The molecule has 0 radical (unpaired) electrons. The fourth-order valence-corrected chi connectivity index (χ4v) is 2.64. The molecule has 0 aliphatic rings. The van der Waals surface area contributed by atoms with E-state index in [0.29, 0.717) is 0 Å². The van der Waals surface area contributed by atoms with Gasteiger partial charge in [-0.25, -0.2) is 4.98 Å². The van der Waals surface area contributed by atoms with Crippen LogP contribution in [-0.2, 0) is 0 Å². The van der Waals surface area contributed by atoms with Crippen LogP contribution in [0, 0.1) is 18.4 Å². The Morgan fingerprint density at radius 1 is 1.24 bits per heavy atom. The summed E-state index contributed by atoms with van der Waals surface area (Å²) < 4.78 is 0. The van der Waals surface area contributed by atoms with Crippen molar-refractivity contribution >= 4 is 30.8 Å². The van der Waals surface area contributed by atoms with Crippen molar-refractivity contribution in [3.05, 3.63) is 46.5 Å². The molecule has 0 aliphatic carbocycles. The lowest BCUT2D eigenvalue weighted by Gasteiger charge is -2.03. The first kappa shape index (κ1) is 15.5. The van der Waals surface area contributed by atoms with Gasteiger partial charge < -0.3 is 0 Å². The average molecular weight is 314 g/mol. The Kier molecular flexibility index (Phi) is 4.94. The molecule has 0 fully saturated rings. The lowest BCUT2D eigenvalue weighted by molar-refractivity contribution is 1.22. The standard InChI is InChI=1S/C16H19N3SSi/c1-13-12-20-16(18-13)19-17-11-15-7-5-14(6-8-15)9-10-21(2,3)4/h5-8,11-12H,1-4H3,(H,18,19). The molecule has 2 rings (SSSR count). The van der Waals surface area contributed by atoms with Crippen molar-refractivity contribution in [1.29, 1.82) is 0 Å². The van der Waals surface area contributed by atoms with Gasteiger partial charge in [0.1, 0.15) is 8.07 Å². The number of aryl methyl sites for hydroxylation is 1. The predicted molar refractivity (Wildman–Crippen MR) is 94.7 cm³/mol. The number of rotatable bonds is 3. The quantitative estimate of drug-likeness (QED) is 0.400. The largest absolute Gasteiger partial charge is 0.253 e. The van der Waals surface area contributed by atoms with Crippen LogP contribution in [0.25, 0.3) is 0 Å². The lowest BCUT2D eigenvalue weighted by Crippen LogP contribution is -2.16. The summed E-state index contributed by atoms with van der Waals surface area (Å²) in [6, 6.07) is 8.10. The van der Waals surface area contributed by atoms with Gasteiger partial charge in [-0.2, -0.15) is 5.10 Å². The summed E-state index contributed by atoms with van der Waals surface area (Å²) in [7, 11) is -1.31. The van der Waals surface area contributed by atoms with E-state index in [0.717, 1.165) is 22.0 Å². The molecule has 0 aliphatic heterocycles. The molecule has 5 heteroatoms. The van der Waals surface area contributed by atoms with Crippen LogP contribution in [0.2, 0.25) is 19.6 Å². The molecule has 3 nitrogen and oxygen atoms in total. The second-order valence-electron chi connectivity index (χ2n) is 5.79. The summed E-state index contributed by atoms with van der Waals surface area (Å²) in [5, 5.41) is 6.98. The van der Waals surface area contributed by atoms with E-state index in [1.54, 1.807) is 17.6 Å². The van der Waals surface area contributed by atoms with Crippen molar-refractivity contribution in [1.82, 2.24) is 4.98 Å². The molecule has 0 unspecified atom stereocenters. The third kappa shape index (κ3) is 5.54. The number of nitrogens with one attached hydrogen (secondary N) is 1. The molecule has 0 saturated heterocycles. The maximum absolute atomic E-state index is 4.28. The molecule has 1 N–H and O–H groups in total. The van der Waals surface area contributed by atoms with Crippen LogP contribution in [0.3, 0.4) is 0 Å². The number of aromatic nitrogens is 1. The summed E-state index contributed by atoms with van der Waals surface area (Å²) in [6.45, 7) is 8.69. The van der Waals surface area contributed by atoms with Crippen LogP contribution in [-0.4, -0.2) is 19.3 Å². The van der Waals surface area contributed by atoms with E-state index in [1.165, 1.54) is 0 Å². The summed E-state index contributed by atoms with van der Waals surface area (Å²) in [6.07, 6.45) is 1.78. The topological polar surface area (TPSA) is 37.3 Å². The van der Waals surface area contributed by atoms with E-state index in [4.69, 9.17) is 0 Å². The van der Waals surface area contributed by atoms with Gasteiger partial charge in [0.25, 0.3) is 0 Å². The third-order valence-electron chi connectivity index (χ3n) is 2.49. The first-order valence-corrected chi connectivity index (χ1v) is 11.1. The van der Waals surface area contributed by atoms with Gasteiger partial charge in [-0.15, -0.1) is 16.9 Å². The number of anilines is 1. The highest BCUT2D eigenvalue weighted by Gasteiger charge is 2.07. The van der Waals surface area contributed by atoms with Crippen molar-refractivity contribution in [2.24, 2.45) is 5.10 Å². The number of nitrogens with zero attached hydrogens (tertiary/aromatic N) is 2. The van der Waals surface area contributed by atoms with Crippen molar-refractivity contribution in [3.63, 3.8) is 0 Å². The summed E-state index contributed by atoms with van der Waals surface area (Å²) in [5.41, 5.74) is 9.38. The number of hydrogen-bond acceptors (Lipinski definition) is 4. The van der Waals surface area contributed by atoms with E-state index in [-0.39, 0.29) is 0 Å². The van der Waals surface area contributed by atoms with Gasteiger partial charge in [0.05, 0.1) is 11.9 Å². The molecule has 0 bridgehead atoms. The van der Waals surface area contributed by atoms with Gasteiger partial charge in [-0.3, -0.25) is 5.43 Å². The first-order valence-electron chi connectivity index (χ1n) is 6.77. The van der Waals surface area contributed by atoms with Crippen molar-refractivity contribution in [2.45, 2.75) is 26.6 Å². The van der Waals surface area contributed by atoms with E-state index in [1.807, 2.05) is 36.6 Å². The Labute approximate surface area is 131 Å². The van der Waals surface area contributed by atoms with Gasteiger partial charge in [0, 0.05) is 10.9 Å². The molecular weight excluding hydrogens is 294 g/mol. The van der Waals surface area contributed by atoms with Gasteiger partial charge in [0.15, 0.2) is 0 Å². The van der Waals surface area contributed by atoms with Crippen LogP contribution in [0.15, 0.2) is 34.7 Å². The summed E-state index contributed by atoms with van der Waals surface area (Å²) in [5.74, 6) is 3.24. The summed E-state index contributed by atoms with van der Waals surface area (Å²) in [4.78, 5) is 4.28. The fourth-order valence-electron chi connectivity index (χ4n) is 1.48. The molecule has 1 aromatic carbocycles. The SMILES string of the molecule is Cc1csc(NN=Cc2ccc(C#C[Si](C)(C)C)cc2)n1. The Balaban J connectivity index is 1.97. The van der Waals surface area contributed by atoms with Crippen LogP contribution in [0.1, 0.15) is 16.8 Å². The molecule has 108 valence electrons. The first-order chi connectivity index (χ1) is 9.92. The highest BCUT2D eigenvalue weighted by molar-refractivity contribution is 7.13. The van der Waals surface area contributed by atoms with E-state index >= 15 is 0 Å².